The number of nitrogens with one attached hydrogen (secondary N) is 2. The average Bonchev–Trinajstić information content (AvgIpc) is 2.73. The lowest BCUT2D eigenvalue weighted by molar-refractivity contribution is 0.0192. The summed E-state index contributed by atoms with van der Waals surface area (Å²) < 4.78 is 5.39. The number of rotatable bonds is 6. The van der Waals surface area contributed by atoms with E-state index in [1.165, 1.54) is 11.6 Å². The molecule has 3 rings (SSSR count). The number of carbonyl (C=O) groups excluding carboxylic acids is 2. The molecular weight excluding hydrogens is 380 g/mol. The van der Waals surface area contributed by atoms with Gasteiger partial charge >= 0.3 is 6.03 Å². The molecule has 28 heavy (non-hydrogen) atoms. The third kappa shape index (κ3) is 5.80. The van der Waals surface area contributed by atoms with Gasteiger partial charge < -0.3 is 20.3 Å². The van der Waals surface area contributed by atoms with Crippen LogP contribution in [-0.2, 0) is 15.1 Å². The molecule has 0 aliphatic carbocycles. The van der Waals surface area contributed by atoms with Gasteiger partial charge in [0.25, 0.3) is 0 Å². The van der Waals surface area contributed by atoms with Crippen LogP contribution in [0.2, 0.25) is 0 Å². The molecular formula is C20H29ClN4O3. The lowest BCUT2D eigenvalue weighted by Gasteiger charge is -2.42. The van der Waals surface area contributed by atoms with E-state index in [9.17, 15) is 9.59 Å². The van der Waals surface area contributed by atoms with Crippen LogP contribution in [0.15, 0.2) is 36.4 Å². The van der Waals surface area contributed by atoms with Crippen molar-refractivity contribution in [3.8, 4) is 0 Å². The topological polar surface area (TPSA) is 73.9 Å². The first kappa shape index (κ1) is 22.4. The van der Waals surface area contributed by atoms with Gasteiger partial charge in [-0.25, -0.2) is 9.59 Å². The van der Waals surface area contributed by atoms with Gasteiger partial charge in [-0.15, -0.1) is 12.4 Å². The number of halogens is 1. The van der Waals surface area contributed by atoms with Crippen molar-refractivity contribution >= 4 is 24.4 Å². The van der Waals surface area contributed by atoms with Crippen LogP contribution in [0.5, 0.6) is 0 Å². The minimum atomic E-state index is -0.301. The van der Waals surface area contributed by atoms with Crippen molar-refractivity contribution in [1.29, 1.82) is 0 Å². The van der Waals surface area contributed by atoms with Crippen molar-refractivity contribution in [2.45, 2.75) is 18.4 Å². The maximum Gasteiger partial charge on any atom is 0.318 e. The van der Waals surface area contributed by atoms with Gasteiger partial charge in [0.1, 0.15) is 5.94 Å². The Labute approximate surface area is 172 Å². The molecule has 0 spiro atoms. The van der Waals surface area contributed by atoms with Gasteiger partial charge in [-0.05, 0) is 31.5 Å². The zero-order chi connectivity index (χ0) is 19.0. The van der Waals surface area contributed by atoms with Crippen LogP contribution in [-0.4, -0.2) is 74.4 Å². The van der Waals surface area contributed by atoms with Crippen molar-refractivity contribution in [3.63, 3.8) is 0 Å². The third-order valence-electron chi connectivity index (χ3n) is 5.35. The van der Waals surface area contributed by atoms with E-state index in [4.69, 9.17) is 4.74 Å². The fraction of sp³-hybridized carbons (Fsp3) is 0.550. The second-order valence-corrected chi connectivity index (χ2v) is 7.06. The first-order valence-corrected chi connectivity index (χ1v) is 9.56. The Kier molecular flexibility index (Phi) is 8.96. The van der Waals surface area contributed by atoms with Crippen molar-refractivity contribution in [1.82, 2.24) is 20.4 Å². The number of nitrogens with zero attached hydrogens (tertiary/aromatic N) is 2. The first-order valence-electron chi connectivity index (χ1n) is 9.56. The summed E-state index contributed by atoms with van der Waals surface area (Å²) in [4.78, 5) is 27.1. The smallest absolute Gasteiger partial charge is 0.318 e. The second-order valence-electron chi connectivity index (χ2n) is 7.06. The summed E-state index contributed by atoms with van der Waals surface area (Å²) in [7, 11) is 0. The van der Waals surface area contributed by atoms with Gasteiger partial charge in [0.2, 0.25) is 0 Å². The molecule has 2 aliphatic heterocycles. The van der Waals surface area contributed by atoms with Crippen molar-refractivity contribution < 1.29 is 14.3 Å². The highest BCUT2D eigenvalue weighted by molar-refractivity contribution is 5.85. The molecule has 0 bridgehead atoms. The summed E-state index contributed by atoms with van der Waals surface area (Å²) in [5.41, 5.74) is 0.875. The third-order valence-corrected chi connectivity index (χ3v) is 5.35. The van der Waals surface area contributed by atoms with Crippen molar-refractivity contribution in [3.05, 3.63) is 42.0 Å². The largest absolute Gasteiger partial charge is 0.361 e. The van der Waals surface area contributed by atoms with E-state index in [1.54, 1.807) is 5.94 Å². The minimum absolute atomic E-state index is 0. The molecule has 154 valence electrons. The van der Waals surface area contributed by atoms with Crippen LogP contribution in [0.1, 0.15) is 18.4 Å². The summed E-state index contributed by atoms with van der Waals surface area (Å²) in [6.45, 7) is 5.40. The van der Waals surface area contributed by atoms with Crippen LogP contribution < -0.4 is 10.6 Å². The Hall–Kier alpha value is -1.89. The lowest BCUT2D eigenvalue weighted by atomic mass is 9.81. The summed E-state index contributed by atoms with van der Waals surface area (Å²) in [6, 6.07) is 10.3. The fourth-order valence-corrected chi connectivity index (χ4v) is 3.74. The van der Waals surface area contributed by atoms with Gasteiger partial charge in [0, 0.05) is 32.3 Å². The molecule has 0 saturated carbocycles. The molecule has 1 aromatic rings. The molecule has 2 fully saturated rings. The molecule has 0 radical (unpaired) electrons. The Balaban J connectivity index is 0.00000280. The number of piperazine rings is 1. The number of hydrogen-bond acceptors (Lipinski definition) is 5. The zero-order valence-electron chi connectivity index (χ0n) is 16.1. The van der Waals surface area contributed by atoms with E-state index >= 15 is 0 Å². The van der Waals surface area contributed by atoms with E-state index < -0.39 is 0 Å². The van der Waals surface area contributed by atoms with Crippen LogP contribution in [0, 0.1) is 0 Å². The predicted molar refractivity (Wildman–Crippen MR) is 110 cm³/mol. The molecule has 2 saturated heterocycles. The van der Waals surface area contributed by atoms with Gasteiger partial charge in [0.05, 0.1) is 18.9 Å². The number of hydrogen-bond donors (Lipinski definition) is 2. The highest BCUT2D eigenvalue weighted by Crippen LogP contribution is 2.30. The number of urea groups is 1. The van der Waals surface area contributed by atoms with Crippen LogP contribution in [0.4, 0.5) is 4.79 Å². The maximum absolute atomic E-state index is 12.9. The van der Waals surface area contributed by atoms with Crippen molar-refractivity contribution in [2.24, 2.45) is 0 Å². The molecule has 2 aliphatic rings. The monoisotopic (exact) mass is 408 g/mol. The number of ether oxygens (including phenoxy) is 1. The lowest BCUT2D eigenvalue weighted by Crippen LogP contribution is -2.58. The molecule has 2 amide bonds. The van der Waals surface area contributed by atoms with Crippen LogP contribution >= 0.6 is 12.4 Å². The number of carbonyl (C=O) groups is 1. The Morgan fingerprint density at radius 3 is 2.50 bits per heavy atom. The number of amides is 2. The summed E-state index contributed by atoms with van der Waals surface area (Å²) >= 11 is 0. The molecule has 0 unspecified atom stereocenters. The molecule has 1 aromatic carbocycles. The van der Waals surface area contributed by atoms with Gasteiger partial charge in [0.15, 0.2) is 0 Å². The van der Waals surface area contributed by atoms with E-state index in [0.717, 1.165) is 39.0 Å². The van der Waals surface area contributed by atoms with Gasteiger partial charge in [-0.2, -0.15) is 0 Å². The Morgan fingerprint density at radius 1 is 1.18 bits per heavy atom. The first-order chi connectivity index (χ1) is 13.2. The van der Waals surface area contributed by atoms with E-state index in [-0.39, 0.29) is 30.6 Å². The van der Waals surface area contributed by atoms with E-state index in [0.29, 0.717) is 19.8 Å². The Bertz CT molecular complexity index is 653. The van der Waals surface area contributed by atoms with Crippen LogP contribution in [0.25, 0.3) is 0 Å². The SMILES string of the molecule is Cl.O=C=CCOCN1CCN(C(=O)NC2(c3ccccc3)CCNCC2)CC1. The van der Waals surface area contributed by atoms with E-state index in [1.807, 2.05) is 23.1 Å². The van der Waals surface area contributed by atoms with Gasteiger partial charge in [-0.1, -0.05) is 30.3 Å². The normalized spacial score (nSPS) is 19.2. The molecule has 0 aromatic heterocycles. The fourth-order valence-electron chi connectivity index (χ4n) is 3.74. The second kappa shape index (κ2) is 11.2. The zero-order valence-corrected chi connectivity index (χ0v) is 16.9. The summed E-state index contributed by atoms with van der Waals surface area (Å²) in [6.07, 6.45) is 3.10. The molecule has 7 nitrogen and oxygen atoms in total. The summed E-state index contributed by atoms with van der Waals surface area (Å²) in [5, 5.41) is 6.73. The van der Waals surface area contributed by atoms with E-state index in [2.05, 4.69) is 27.7 Å². The molecule has 2 N–H and O–H groups in total. The quantitative estimate of drug-likeness (QED) is 0.549. The highest BCUT2D eigenvalue weighted by atomic mass is 35.5. The average molecular weight is 409 g/mol. The van der Waals surface area contributed by atoms with Crippen molar-refractivity contribution in [2.75, 3.05) is 52.6 Å². The Morgan fingerprint density at radius 2 is 1.86 bits per heavy atom. The van der Waals surface area contributed by atoms with Gasteiger partial charge in [-0.3, -0.25) is 4.90 Å². The molecule has 8 heteroatoms. The highest BCUT2D eigenvalue weighted by Gasteiger charge is 2.36. The molecule has 0 atom stereocenters. The number of benzene rings is 1. The minimum Gasteiger partial charge on any atom is -0.361 e. The summed E-state index contributed by atoms with van der Waals surface area (Å²) in [5.74, 6) is 1.70. The van der Waals surface area contributed by atoms with Crippen LogP contribution in [0.3, 0.4) is 0 Å². The predicted octanol–water partition coefficient (Wildman–Crippen LogP) is 1.38. The number of piperidine rings is 1. The maximum atomic E-state index is 12.9. The molecule has 2 heterocycles. The standard InChI is InChI=1S/C20H28N4O3.ClH/c25-15-4-16-27-17-23-11-13-24(14-12-23)19(26)22-20(7-9-21-10-8-20)18-5-2-1-3-6-18;/h1-6,21H,7-14,16-17H2,(H,22,26);1H.